The molecule has 1 aliphatic heterocycles. The van der Waals surface area contributed by atoms with E-state index in [9.17, 15) is 4.79 Å². The molecule has 2 aromatic rings. The number of carbonyl (C=O) groups excluding carboxylic acids is 1. The number of carbonyl (C=O) groups is 1. The maximum Gasteiger partial charge on any atom is 0.244 e. The highest BCUT2D eigenvalue weighted by atomic mass is 35.5. The summed E-state index contributed by atoms with van der Waals surface area (Å²) in [6.07, 6.45) is 3.11. The van der Waals surface area contributed by atoms with Crippen molar-refractivity contribution in [1.82, 2.24) is 15.1 Å². The fourth-order valence-corrected chi connectivity index (χ4v) is 2.53. The minimum atomic E-state index is -0.206. The lowest BCUT2D eigenvalue weighted by atomic mass is 10.2. The Morgan fingerprint density at radius 2 is 2.22 bits per heavy atom. The highest BCUT2D eigenvalue weighted by molar-refractivity contribution is 6.31. The van der Waals surface area contributed by atoms with Crippen molar-refractivity contribution in [2.45, 2.75) is 13.5 Å². The summed E-state index contributed by atoms with van der Waals surface area (Å²) in [5.41, 5.74) is 2.45. The third kappa shape index (κ3) is 3.32. The molecule has 23 heavy (non-hydrogen) atoms. The summed E-state index contributed by atoms with van der Waals surface area (Å²) in [6.45, 7) is 2.48. The lowest BCUT2D eigenvalue weighted by molar-refractivity contribution is -0.116. The van der Waals surface area contributed by atoms with Gasteiger partial charge in [0.25, 0.3) is 0 Å². The van der Waals surface area contributed by atoms with E-state index in [0.29, 0.717) is 17.4 Å². The van der Waals surface area contributed by atoms with Crippen LogP contribution in [-0.2, 0) is 18.4 Å². The van der Waals surface area contributed by atoms with E-state index >= 15 is 0 Å². The van der Waals surface area contributed by atoms with Crippen LogP contribution in [0.5, 0.6) is 11.5 Å². The number of hydrogen-bond donors (Lipinski definition) is 1. The molecule has 0 unspecified atom stereocenters. The maximum atomic E-state index is 11.9. The van der Waals surface area contributed by atoms with Crippen LogP contribution >= 0.6 is 11.6 Å². The quantitative estimate of drug-likeness (QED) is 0.873. The van der Waals surface area contributed by atoms with Crippen molar-refractivity contribution in [1.29, 1.82) is 0 Å². The molecular weight excluding hydrogens is 318 g/mol. The number of amides is 1. The van der Waals surface area contributed by atoms with Crippen molar-refractivity contribution in [3.8, 4) is 11.5 Å². The molecule has 1 aromatic carbocycles. The number of ether oxygens (including phenoxy) is 2. The van der Waals surface area contributed by atoms with Crippen LogP contribution in [0, 0.1) is 6.92 Å². The van der Waals surface area contributed by atoms with Crippen LogP contribution in [0.3, 0.4) is 0 Å². The van der Waals surface area contributed by atoms with Crippen molar-refractivity contribution in [2.24, 2.45) is 7.05 Å². The fraction of sp³-hybridized carbons (Fsp3) is 0.250. The average Bonchev–Trinajstić information content (AvgIpc) is 3.08. The Morgan fingerprint density at radius 3 is 2.96 bits per heavy atom. The van der Waals surface area contributed by atoms with Gasteiger partial charge in [0, 0.05) is 25.2 Å². The largest absolute Gasteiger partial charge is 0.454 e. The van der Waals surface area contributed by atoms with Crippen molar-refractivity contribution in [3.05, 3.63) is 46.2 Å². The number of nitrogens with zero attached hydrogens (tertiary/aromatic N) is 2. The SMILES string of the molecule is Cc1nn(C)c(Cl)c1/C=C/C(=O)NCc1ccc2c(c1)OCO2. The molecule has 120 valence electrons. The molecular formula is C16H16ClN3O3. The second-order valence-electron chi connectivity index (χ2n) is 5.15. The summed E-state index contributed by atoms with van der Waals surface area (Å²) >= 11 is 6.12. The highest BCUT2D eigenvalue weighted by Crippen LogP contribution is 2.32. The number of rotatable bonds is 4. The van der Waals surface area contributed by atoms with Crippen LogP contribution in [-0.4, -0.2) is 22.5 Å². The van der Waals surface area contributed by atoms with Crippen LogP contribution in [0.15, 0.2) is 24.3 Å². The van der Waals surface area contributed by atoms with Crippen molar-refractivity contribution in [2.75, 3.05) is 6.79 Å². The van der Waals surface area contributed by atoms with E-state index in [1.807, 2.05) is 25.1 Å². The summed E-state index contributed by atoms with van der Waals surface area (Å²) in [4.78, 5) is 11.9. The smallest absolute Gasteiger partial charge is 0.244 e. The van der Waals surface area contributed by atoms with E-state index in [1.54, 1.807) is 17.8 Å². The van der Waals surface area contributed by atoms with E-state index in [0.717, 1.165) is 22.6 Å². The first kappa shape index (κ1) is 15.4. The van der Waals surface area contributed by atoms with Gasteiger partial charge in [-0.2, -0.15) is 5.10 Å². The van der Waals surface area contributed by atoms with Crippen LogP contribution in [0.4, 0.5) is 0 Å². The topological polar surface area (TPSA) is 65.4 Å². The predicted octanol–water partition coefficient (Wildman–Crippen LogP) is 2.44. The second-order valence-corrected chi connectivity index (χ2v) is 5.51. The highest BCUT2D eigenvalue weighted by Gasteiger charge is 2.13. The Balaban J connectivity index is 1.60. The van der Waals surface area contributed by atoms with Gasteiger partial charge < -0.3 is 14.8 Å². The molecule has 1 amide bonds. The zero-order chi connectivity index (χ0) is 16.4. The Kier molecular flexibility index (Phi) is 4.25. The third-order valence-electron chi connectivity index (χ3n) is 3.50. The van der Waals surface area contributed by atoms with Crippen LogP contribution in [0.25, 0.3) is 6.08 Å². The zero-order valence-corrected chi connectivity index (χ0v) is 13.6. The standard InChI is InChI=1S/C16H16ClN3O3/c1-10-12(16(17)20(2)19-10)4-6-15(21)18-8-11-3-5-13-14(7-11)23-9-22-13/h3-7H,8-9H2,1-2H3,(H,18,21)/b6-4+. The molecule has 3 rings (SSSR count). The van der Waals surface area contributed by atoms with Crippen molar-refractivity contribution >= 4 is 23.6 Å². The predicted molar refractivity (Wildman–Crippen MR) is 86.4 cm³/mol. The Labute approximate surface area is 138 Å². The molecule has 0 bridgehead atoms. The van der Waals surface area contributed by atoms with Gasteiger partial charge in [-0.3, -0.25) is 9.48 Å². The number of benzene rings is 1. The Hall–Kier alpha value is -2.47. The monoisotopic (exact) mass is 333 g/mol. The third-order valence-corrected chi connectivity index (χ3v) is 3.95. The van der Waals surface area contributed by atoms with Gasteiger partial charge in [-0.25, -0.2) is 0 Å². The van der Waals surface area contributed by atoms with Crippen LogP contribution < -0.4 is 14.8 Å². The van der Waals surface area contributed by atoms with Crippen molar-refractivity contribution < 1.29 is 14.3 Å². The van der Waals surface area contributed by atoms with Gasteiger partial charge in [0.2, 0.25) is 12.7 Å². The molecule has 7 heteroatoms. The van der Waals surface area contributed by atoms with Crippen molar-refractivity contribution in [3.63, 3.8) is 0 Å². The van der Waals surface area contributed by atoms with Gasteiger partial charge in [-0.15, -0.1) is 0 Å². The summed E-state index contributed by atoms with van der Waals surface area (Å²) in [6, 6.07) is 5.58. The molecule has 1 aliphatic rings. The molecule has 0 spiro atoms. The normalized spacial score (nSPS) is 12.8. The van der Waals surface area contributed by atoms with Gasteiger partial charge in [0.1, 0.15) is 5.15 Å². The molecule has 1 N–H and O–H groups in total. The Morgan fingerprint density at radius 1 is 1.43 bits per heavy atom. The molecule has 2 heterocycles. The second kappa shape index (κ2) is 6.34. The molecule has 0 atom stereocenters. The fourth-order valence-electron chi connectivity index (χ4n) is 2.29. The molecule has 0 saturated heterocycles. The minimum Gasteiger partial charge on any atom is -0.454 e. The van der Waals surface area contributed by atoms with Crippen LogP contribution in [0.2, 0.25) is 5.15 Å². The van der Waals surface area contributed by atoms with E-state index in [2.05, 4.69) is 10.4 Å². The zero-order valence-electron chi connectivity index (χ0n) is 12.8. The van der Waals surface area contributed by atoms with Gasteiger partial charge in [-0.05, 0) is 30.7 Å². The molecule has 6 nitrogen and oxygen atoms in total. The summed E-state index contributed by atoms with van der Waals surface area (Å²) in [5, 5.41) is 7.51. The van der Waals surface area contributed by atoms with Gasteiger partial charge in [0.05, 0.1) is 5.69 Å². The maximum absolute atomic E-state index is 11.9. The van der Waals surface area contributed by atoms with E-state index < -0.39 is 0 Å². The lowest BCUT2D eigenvalue weighted by Gasteiger charge is -2.04. The number of halogens is 1. The number of aryl methyl sites for hydroxylation is 2. The van der Waals surface area contributed by atoms with E-state index in [-0.39, 0.29) is 12.7 Å². The number of hydrogen-bond acceptors (Lipinski definition) is 4. The molecule has 0 radical (unpaired) electrons. The lowest BCUT2D eigenvalue weighted by Crippen LogP contribution is -2.20. The molecule has 0 aliphatic carbocycles. The molecule has 1 aromatic heterocycles. The van der Waals surface area contributed by atoms with Gasteiger partial charge >= 0.3 is 0 Å². The minimum absolute atomic E-state index is 0.206. The number of aromatic nitrogens is 2. The molecule has 0 saturated carbocycles. The van der Waals surface area contributed by atoms with Gasteiger partial charge in [0.15, 0.2) is 11.5 Å². The first-order valence-corrected chi connectivity index (χ1v) is 7.46. The summed E-state index contributed by atoms with van der Waals surface area (Å²) in [7, 11) is 1.76. The Bertz CT molecular complexity index is 783. The average molecular weight is 334 g/mol. The van der Waals surface area contributed by atoms with E-state index in [4.69, 9.17) is 21.1 Å². The number of fused-ring (bicyclic) bond motifs is 1. The first-order valence-electron chi connectivity index (χ1n) is 7.08. The van der Waals surface area contributed by atoms with Crippen LogP contribution in [0.1, 0.15) is 16.8 Å². The van der Waals surface area contributed by atoms with Gasteiger partial charge in [-0.1, -0.05) is 17.7 Å². The first-order chi connectivity index (χ1) is 11.0. The van der Waals surface area contributed by atoms with E-state index in [1.165, 1.54) is 6.08 Å². The number of nitrogens with one attached hydrogen (secondary N) is 1. The molecule has 0 fully saturated rings. The summed E-state index contributed by atoms with van der Waals surface area (Å²) in [5.74, 6) is 1.22. The summed E-state index contributed by atoms with van der Waals surface area (Å²) < 4.78 is 12.1.